The zero-order valence-electron chi connectivity index (χ0n) is 24.0. The lowest BCUT2D eigenvalue weighted by Crippen LogP contribution is -2.57. The van der Waals surface area contributed by atoms with Gasteiger partial charge in [-0.3, -0.25) is 14.4 Å². The standard InChI is InChI=1S/C33H40N2O6/c1-5-7-10-19-40-31(39)27-26-29(37)35(17-11-18-36)28(33(26)21-22(3)32(27,4)41-33)30(38)34(16-6-2)25-15-14-23-12-8-9-13-24(23)20-25/h5-6,8-9,12-15,20,22,26-28,36H,1-2,7,10-11,16-19,21H2,3-4H3/t22?,26-,27+,28?,32-,33?/m0/s1. The zero-order chi connectivity index (χ0) is 29.4. The topological polar surface area (TPSA) is 96.4 Å². The minimum absolute atomic E-state index is 0.0844. The molecule has 0 radical (unpaired) electrons. The van der Waals surface area contributed by atoms with E-state index in [4.69, 9.17) is 9.47 Å². The fourth-order valence-electron chi connectivity index (χ4n) is 7.29. The van der Waals surface area contributed by atoms with E-state index in [0.29, 0.717) is 31.4 Å². The first-order valence-electron chi connectivity index (χ1n) is 14.5. The van der Waals surface area contributed by atoms with Crippen molar-refractivity contribution in [2.75, 3.05) is 31.2 Å². The summed E-state index contributed by atoms with van der Waals surface area (Å²) in [6.07, 6.45) is 5.56. The molecule has 2 amide bonds. The van der Waals surface area contributed by atoms with Crippen LogP contribution in [0.5, 0.6) is 0 Å². The molecule has 2 aromatic carbocycles. The predicted molar refractivity (Wildman–Crippen MR) is 157 cm³/mol. The molecule has 3 saturated heterocycles. The summed E-state index contributed by atoms with van der Waals surface area (Å²) in [5, 5.41) is 11.7. The van der Waals surface area contributed by atoms with Gasteiger partial charge in [-0.05, 0) is 61.4 Å². The number of anilines is 1. The van der Waals surface area contributed by atoms with Crippen LogP contribution >= 0.6 is 0 Å². The number of aliphatic hydroxyl groups excluding tert-OH is 1. The normalized spacial score (nSPS) is 29.9. The third-order valence-electron chi connectivity index (χ3n) is 9.28. The molecule has 3 fully saturated rings. The molecule has 218 valence electrons. The molecule has 3 unspecified atom stereocenters. The Balaban J connectivity index is 1.55. The first-order valence-corrected chi connectivity index (χ1v) is 14.5. The molecule has 2 aromatic rings. The average molecular weight is 561 g/mol. The van der Waals surface area contributed by atoms with Crippen molar-refractivity contribution in [1.29, 1.82) is 0 Å². The van der Waals surface area contributed by atoms with Gasteiger partial charge < -0.3 is 24.4 Å². The molecule has 8 nitrogen and oxygen atoms in total. The van der Waals surface area contributed by atoms with Crippen LogP contribution in [0.15, 0.2) is 67.8 Å². The highest BCUT2D eigenvalue weighted by Gasteiger charge is 2.80. The number of likely N-dealkylation sites (tertiary alicyclic amines) is 1. The van der Waals surface area contributed by atoms with Gasteiger partial charge in [-0.25, -0.2) is 0 Å². The van der Waals surface area contributed by atoms with Crippen LogP contribution in [0.4, 0.5) is 5.69 Å². The van der Waals surface area contributed by atoms with Gasteiger partial charge in [0.2, 0.25) is 5.91 Å². The maximum Gasteiger partial charge on any atom is 0.312 e. The van der Waals surface area contributed by atoms with Crippen LogP contribution in [0, 0.1) is 17.8 Å². The summed E-state index contributed by atoms with van der Waals surface area (Å²) in [6, 6.07) is 12.8. The molecule has 3 heterocycles. The van der Waals surface area contributed by atoms with Crippen LogP contribution in [0.2, 0.25) is 0 Å². The van der Waals surface area contributed by atoms with E-state index in [1.54, 1.807) is 17.1 Å². The Morgan fingerprint density at radius 2 is 1.93 bits per heavy atom. The second-order valence-electron chi connectivity index (χ2n) is 11.7. The molecule has 6 atom stereocenters. The van der Waals surface area contributed by atoms with Crippen molar-refractivity contribution in [2.45, 2.75) is 56.8 Å². The van der Waals surface area contributed by atoms with Gasteiger partial charge in [0.1, 0.15) is 17.6 Å². The maximum atomic E-state index is 14.7. The number of benzene rings is 2. The van der Waals surface area contributed by atoms with Crippen molar-refractivity contribution in [2.24, 2.45) is 17.8 Å². The van der Waals surface area contributed by atoms with Gasteiger partial charge in [0, 0.05) is 25.4 Å². The number of amides is 2. The van der Waals surface area contributed by atoms with Crippen molar-refractivity contribution in [3.05, 3.63) is 67.8 Å². The smallest absolute Gasteiger partial charge is 0.312 e. The molecule has 0 saturated carbocycles. The van der Waals surface area contributed by atoms with E-state index in [-0.39, 0.29) is 44.0 Å². The van der Waals surface area contributed by atoms with Gasteiger partial charge in [0.15, 0.2) is 0 Å². The lowest BCUT2D eigenvalue weighted by molar-refractivity contribution is -0.161. The van der Waals surface area contributed by atoms with Crippen molar-refractivity contribution < 1.29 is 29.0 Å². The molecular weight excluding hydrogens is 520 g/mol. The van der Waals surface area contributed by atoms with Crippen LogP contribution < -0.4 is 4.90 Å². The van der Waals surface area contributed by atoms with E-state index in [1.165, 1.54) is 4.90 Å². The largest absolute Gasteiger partial charge is 0.465 e. The number of fused-ring (bicyclic) bond motifs is 2. The summed E-state index contributed by atoms with van der Waals surface area (Å²) in [5.41, 5.74) is -1.43. The van der Waals surface area contributed by atoms with Gasteiger partial charge in [0.25, 0.3) is 5.91 Å². The number of nitrogens with zero attached hydrogens (tertiary/aromatic N) is 2. The van der Waals surface area contributed by atoms with Crippen molar-refractivity contribution in [3.8, 4) is 0 Å². The predicted octanol–water partition coefficient (Wildman–Crippen LogP) is 4.26. The number of aliphatic hydroxyl groups is 1. The number of esters is 1. The molecule has 41 heavy (non-hydrogen) atoms. The van der Waals surface area contributed by atoms with Gasteiger partial charge in [0.05, 0.1) is 18.1 Å². The Labute approximate surface area is 241 Å². The first-order chi connectivity index (χ1) is 19.7. The highest BCUT2D eigenvalue weighted by molar-refractivity contribution is 6.05. The molecule has 8 heteroatoms. The van der Waals surface area contributed by atoms with Crippen LogP contribution in [-0.2, 0) is 23.9 Å². The number of ether oxygens (including phenoxy) is 2. The number of hydrogen-bond acceptors (Lipinski definition) is 6. The van der Waals surface area contributed by atoms with Crippen LogP contribution in [-0.4, -0.2) is 71.3 Å². The van der Waals surface area contributed by atoms with Crippen LogP contribution in [0.3, 0.4) is 0 Å². The second kappa shape index (κ2) is 11.4. The number of allylic oxidation sites excluding steroid dienone is 1. The number of unbranched alkanes of at least 4 members (excludes halogenated alkanes) is 1. The number of rotatable bonds is 12. The SMILES string of the molecule is C=CCCCOC(=O)[C@H]1[C@H]2C(=O)N(CCCO)C(C(=O)N(CC=C)c3ccc4ccccc4c3)C23CC(C)[C@]1(C)O3. The van der Waals surface area contributed by atoms with Crippen molar-refractivity contribution in [1.82, 2.24) is 4.90 Å². The lowest BCUT2D eigenvalue weighted by Gasteiger charge is -2.37. The molecule has 1 spiro atoms. The van der Waals surface area contributed by atoms with E-state index in [1.807, 2.05) is 56.3 Å². The summed E-state index contributed by atoms with van der Waals surface area (Å²) in [4.78, 5) is 45.6. The summed E-state index contributed by atoms with van der Waals surface area (Å²) in [6.45, 7) is 12.0. The third-order valence-corrected chi connectivity index (χ3v) is 9.28. The van der Waals surface area contributed by atoms with Gasteiger partial charge >= 0.3 is 5.97 Å². The maximum absolute atomic E-state index is 14.7. The molecule has 0 aliphatic carbocycles. The fraction of sp³-hybridized carbons (Fsp3) is 0.485. The highest BCUT2D eigenvalue weighted by Crippen LogP contribution is 2.65. The third kappa shape index (κ3) is 4.67. The van der Waals surface area contributed by atoms with Gasteiger partial charge in [-0.15, -0.1) is 13.2 Å². The van der Waals surface area contributed by atoms with E-state index in [9.17, 15) is 19.5 Å². The van der Waals surface area contributed by atoms with Crippen LogP contribution in [0.1, 0.15) is 39.5 Å². The summed E-state index contributed by atoms with van der Waals surface area (Å²) in [5.74, 6) is -2.80. The van der Waals surface area contributed by atoms with Gasteiger partial charge in [-0.1, -0.05) is 49.4 Å². The molecule has 3 aliphatic heterocycles. The number of carbonyl (C=O) groups is 3. The minimum atomic E-state index is -1.18. The Hall–Kier alpha value is -3.49. The Morgan fingerprint density at radius 3 is 2.63 bits per heavy atom. The Morgan fingerprint density at radius 1 is 1.17 bits per heavy atom. The lowest BCUT2D eigenvalue weighted by atomic mass is 9.62. The van der Waals surface area contributed by atoms with Crippen LogP contribution in [0.25, 0.3) is 10.8 Å². The molecule has 5 rings (SSSR count). The van der Waals surface area contributed by atoms with Crippen molar-refractivity contribution in [3.63, 3.8) is 0 Å². The minimum Gasteiger partial charge on any atom is -0.465 e. The highest BCUT2D eigenvalue weighted by atomic mass is 16.6. The quantitative estimate of drug-likeness (QED) is 0.237. The molecule has 2 bridgehead atoms. The molecule has 3 aliphatic rings. The number of hydrogen-bond donors (Lipinski definition) is 1. The Kier molecular flexibility index (Phi) is 8.08. The van der Waals surface area contributed by atoms with Gasteiger partial charge in [-0.2, -0.15) is 0 Å². The zero-order valence-corrected chi connectivity index (χ0v) is 24.0. The van der Waals surface area contributed by atoms with E-state index in [0.717, 1.165) is 10.8 Å². The molecule has 0 aromatic heterocycles. The fourth-order valence-corrected chi connectivity index (χ4v) is 7.29. The molecule has 1 N–H and O–H groups in total. The van der Waals surface area contributed by atoms with E-state index in [2.05, 4.69) is 13.2 Å². The first kappa shape index (κ1) is 29.0. The summed E-state index contributed by atoms with van der Waals surface area (Å²) in [7, 11) is 0. The molecular formula is C33H40N2O6. The number of carbonyl (C=O) groups excluding carboxylic acids is 3. The van der Waals surface area contributed by atoms with E-state index >= 15 is 0 Å². The Bertz CT molecular complexity index is 1360. The summed E-state index contributed by atoms with van der Waals surface area (Å²) < 4.78 is 12.4. The average Bonchev–Trinajstić information content (AvgIpc) is 3.48. The summed E-state index contributed by atoms with van der Waals surface area (Å²) >= 11 is 0. The van der Waals surface area contributed by atoms with E-state index < -0.39 is 35.0 Å². The monoisotopic (exact) mass is 560 g/mol. The second-order valence-corrected chi connectivity index (χ2v) is 11.7. The van der Waals surface area contributed by atoms with Crippen molar-refractivity contribution >= 4 is 34.2 Å².